The molecule has 0 fully saturated rings. The lowest BCUT2D eigenvalue weighted by atomic mass is 10.2. The fraction of sp³-hybridized carbons (Fsp3) is 0.0667. The molecular formula is C15H15N3O3. The minimum Gasteiger partial charge on any atom is -0.507 e. The molecule has 2 aromatic rings. The summed E-state index contributed by atoms with van der Waals surface area (Å²) < 4.78 is 4.98. The van der Waals surface area contributed by atoms with Crippen LogP contribution in [0.25, 0.3) is 0 Å². The second-order valence-electron chi connectivity index (χ2n) is 4.25. The van der Waals surface area contributed by atoms with E-state index < -0.39 is 0 Å². The first-order valence-electron chi connectivity index (χ1n) is 6.16. The number of benzene rings is 2. The second-order valence-corrected chi connectivity index (χ2v) is 4.25. The number of phenols is 1. The lowest BCUT2D eigenvalue weighted by Gasteiger charge is -2.03. The third-order valence-electron chi connectivity index (χ3n) is 2.78. The maximum atomic E-state index is 11.8. The molecule has 0 heterocycles. The van der Waals surface area contributed by atoms with Gasteiger partial charge in [-0.25, -0.2) is 5.43 Å². The molecule has 108 valence electrons. The molecule has 1 amide bonds. The van der Waals surface area contributed by atoms with Crippen molar-refractivity contribution in [1.29, 1.82) is 0 Å². The number of methoxy groups -OCH3 is 1. The van der Waals surface area contributed by atoms with Crippen LogP contribution in [0.4, 0.5) is 5.69 Å². The predicted molar refractivity (Wildman–Crippen MR) is 80.6 cm³/mol. The number of nitrogen functional groups attached to an aromatic ring is 1. The van der Waals surface area contributed by atoms with E-state index in [2.05, 4.69) is 10.5 Å². The third kappa shape index (κ3) is 3.73. The van der Waals surface area contributed by atoms with E-state index in [4.69, 9.17) is 10.5 Å². The van der Waals surface area contributed by atoms with Gasteiger partial charge in [0.1, 0.15) is 11.5 Å². The first kappa shape index (κ1) is 14.4. The number of aromatic hydroxyl groups is 1. The number of carbonyl (C=O) groups excluding carboxylic acids is 1. The highest BCUT2D eigenvalue weighted by Crippen LogP contribution is 2.21. The number of nitrogens with two attached hydrogens (primary N) is 1. The lowest BCUT2D eigenvalue weighted by Crippen LogP contribution is -2.17. The SMILES string of the molecule is COc1ccc(/C=N/NC(=O)c2ccc(N)cc2)c(O)c1. The third-order valence-corrected chi connectivity index (χ3v) is 2.78. The van der Waals surface area contributed by atoms with Gasteiger partial charge in [0, 0.05) is 22.9 Å². The molecule has 2 rings (SSSR count). The highest BCUT2D eigenvalue weighted by molar-refractivity contribution is 5.95. The molecule has 21 heavy (non-hydrogen) atoms. The van der Waals surface area contributed by atoms with Crippen LogP contribution in [0.5, 0.6) is 11.5 Å². The number of rotatable bonds is 4. The summed E-state index contributed by atoms with van der Waals surface area (Å²) in [5.41, 5.74) is 9.41. The molecule has 0 spiro atoms. The van der Waals surface area contributed by atoms with Crippen molar-refractivity contribution >= 4 is 17.8 Å². The number of ether oxygens (including phenoxy) is 1. The molecule has 0 bridgehead atoms. The Hall–Kier alpha value is -3.02. The van der Waals surface area contributed by atoms with Gasteiger partial charge in [0.25, 0.3) is 5.91 Å². The Morgan fingerprint density at radius 3 is 2.62 bits per heavy atom. The van der Waals surface area contributed by atoms with Crippen molar-refractivity contribution in [3.05, 3.63) is 53.6 Å². The molecule has 0 atom stereocenters. The summed E-state index contributed by atoms with van der Waals surface area (Å²) in [6.45, 7) is 0. The van der Waals surface area contributed by atoms with E-state index in [0.717, 1.165) is 0 Å². The topological polar surface area (TPSA) is 96.9 Å². The van der Waals surface area contributed by atoms with Crippen LogP contribution in [0.15, 0.2) is 47.6 Å². The summed E-state index contributed by atoms with van der Waals surface area (Å²) in [6.07, 6.45) is 1.35. The van der Waals surface area contributed by atoms with Crippen LogP contribution in [-0.4, -0.2) is 24.3 Å². The van der Waals surface area contributed by atoms with E-state index in [1.807, 2.05) is 0 Å². The molecule has 6 heteroatoms. The van der Waals surface area contributed by atoms with Gasteiger partial charge in [-0.15, -0.1) is 0 Å². The van der Waals surface area contributed by atoms with Gasteiger partial charge in [-0.05, 0) is 36.4 Å². The number of hydrogen-bond donors (Lipinski definition) is 3. The van der Waals surface area contributed by atoms with Crippen LogP contribution in [0.2, 0.25) is 0 Å². The number of anilines is 1. The standard InChI is InChI=1S/C15H15N3O3/c1-21-13-7-4-11(14(19)8-13)9-17-18-15(20)10-2-5-12(16)6-3-10/h2-9,19H,16H2,1H3,(H,18,20)/b17-9+. The van der Waals surface area contributed by atoms with Crippen LogP contribution >= 0.6 is 0 Å². The number of phenolic OH excluding ortho intramolecular Hbond substituents is 1. The highest BCUT2D eigenvalue weighted by atomic mass is 16.5. The molecule has 0 saturated carbocycles. The number of nitrogens with one attached hydrogen (secondary N) is 1. The molecule has 0 aliphatic rings. The Balaban J connectivity index is 2.02. The largest absolute Gasteiger partial charge is 0.507 e. The Labute approximate surface area is 121 Å². The summed E-state index contributed by atoms with van der Waals surface area (Å²) in [4.78, 5) is 11.8. The van der Waals surface area contributed by atoms with Gasteiger partial charge in [-0.1, -0.05) is 0 Å². The van der Waals surface area contributed by atoms with Gasteiger partial charge < -0.3 is 15.6 Å². The summed E-state index contributed by atoms with van der Waals surface area (Å²) in [6, 6.07) is 11.2. The van der Waals surface area contributed by atoms with Crippen molar-refractivity contribution in [2.75, 3.05) is 12.8 Å². The smallest absolute Gasteiger partial charge is 0.271 e. The Bertz CT molecular complexity index is 666. The summed E-state index contributed by atoms with van der Waals surface area (Å²) in [7, 11) is 1.51. The van der Waals surface area contributed by atoms with Gasteiger partial charge in [-0.2, -0.15) is 5.10 Å². The van der Waals surface area contributed by atoms with Crippen LogP contribution in [0.1, 0.15) is 15.9 Å². The zero-order valence-corrected chi connectivity index (χ0v) is 11.4. The summed E-state index contributed by atoms with van der Waals surface area (Å²) >= 11 is 0. The maximum absolute atomic E-state index is 11.8. The van der Waals surface area contributed by atoms with Crippen LogP contribution in [0, 0.1) is 0 Å². The Kier molecular flexibility index (Phi) is 4.40. The number of hydrazone groups is 1. The molecule has 0 radical (unpaired) electrons. The van der Waals surface area contributed by atoms with E-state index in [9.17, 15) is 9.90 Å². The summed E-state index contributed by atoms with van der Waals surface area (Å²) in [5.74, 6) is 0.189. The first-order valence-corrected chi connectivity index (χ1v) is 6.16. The molecule has 0 aliphatic carbocycles. The van der Waals surface area contributed by atoms with Crippen LogP contribution in [0.3, 0.4) is 0 Å². The average Bonchev–Trinajstić information content (AvgIpc) is 2.49. The zero-order valence-electron chi connectivity index (χ0n) is 11.4. The molecule has 0 unspecified atom stereocenters. The van der Waals surface area contributed by atoms with E-state index in [1.54, 1.807) is 36.4 Å². The molecule has 0 aliphatic heterocycles. The fourth-order valence-corrected chi connectivity index (χ4v) is 1.62. The quantitative estimate of drug-likeness (QED) is 0.453. The molecule has 6 nitrogen and oxygen atoms in total. The van der Waals surface area contributed by atoms with Gasteiger partial charge >= 0.3 is 0 Å². The zero-order chi connectivity index (χ0) is 15.2. The number of carbonyl (C=O) groups is 1. The van der Waals surface area contributed by atoms with Gasteiger partial charge in [0.05, 0.1) is 13.3 Å². The molecule has 4 N–H and O–H groups in total. The average molecular weight is 285 g/mol. The number of nitrogens with zero attached hydrogens (tertiary/aromatic N) is 1. The maximum Gasteiger partial charge on any atom is 0.271 e. The second kappa shape index (κ2) is 6.42. The number of amides is 1. The molecule has 2 aromatic carbocycles. The van der Waals surface area contributed by atoms with Gasteiger partial charge in [0.15, 0.2) is 0 Å². The van der Waals surface area contributed by atoms with Crippen molar-refractivity contribution < 1.29 is 14.6 Å². The van der Waals surface area contributed by atoms with E-state index in [0.29, 0.717) is 22.6 Å². The minimum atomic E-state index is -0.362. The monoisotopic (exact) mass is 285 g/mol. The Morgan fingerprint density at radius 1 is 1.29 bits per heavy atom. The van der Waals surface area contributed by atoms with Crippen molar-refractivity contribution in [1.82, 2.24) is 5.43 Å². The highest BCUT2D eigenvalue weighted by Gasteiger charge is 2.04. The predicted octanol–water partition coefficient (Wildman–Crippen LogP) is 1.75. The minimum absolute atomic E-state index is 0.0137. The normalized spacial score (nSPS) is 10.5. The van der Waals surface area contributed by atoms with Crippen LogP contribution < -0.4 is 15.9 Å². The number of hydrogen-bond acceptors (Lipinski definition) is 5. The molecule has 0 aromatic heterocycles. The molecule has 0 saturated heterocycles. The Morgan fingerprint density at radius 2 is 2.00 bits per heavy atom. The first-order chi connectivity index (χ1) is 10.1. The van der Waals surface area contributed by atoms with E-state index in [-0.39, 0.29) is 11.7 Å². The van der Waals surface area contributed by atoms with Gasteiger partial charge in [-0.3, -0.25) is 4.79 Å². The molecular weight excluding hydrogens is 270 g/mol. The van der Waals surface area contributed by atoms with Crippen molar-refractivity contribution in [3.63, 3.8) is 0 Å². The van der Waals surface area contributed by atoms with Gasteiger partial charge in [0.2, 0.25) is 0 Å². The lowest BCUT2D eigenvalue weighted by molar-refractivity contribution is 0.0955. The van der Waals surface area contributed by atoms with Crippen molar-refractivity contribution in [2.24, 2.45) is 5.10 Å². The van der Waals surface area contributed by atoms with E-state index in [1.165, 1.54) is 19.4 Å². The summed E-state index contributed by atoms with van der Waals surface area (Å²) in [5, 5.41) is 13.5. The van der Waals surface area contributed by atoms with Crippen molar-refractivity contribution in [3.8, 4) is 11.5 Å². The van der Waals surface area contributed by atoms with E-state index >= 15 is 0 Å². The van der Waals surface area contributed by atoms with Crippen LogP contribution in [-0.2, 0) is 0 Å². The fourth-order valence-electron chi connectivity index (χ4n) is 1.62. The van der Waals surface area contributed by atoms with Crippen molar-refractivity contribution in [2.45, 2.75) is 0 Å².